The average molecular weight is 283 g/mol. The third-order valence-corrected chi connectivity index (χ3v) is 2.49. The second kappa shape index (κ2) is 4.49. The normalized spacial score (nSPS) is 10.1. The van der Waals surface area contributed by atoms with Crippen molar-refractivity contribution < 1.29 is 9.13 Å². The van der Waals surface area contributed by atoms with Crippen LogP contribution in [0.3, 0.4) is 0 Å². The number of ether oxygens (including phenoxy) is 1. The number of nitrogens with two attached hydrogens (primary N) is 1. The molecule has 0 bridgehead atoms. The molecule has 0 atom stereocenters. The van der Waals surface area contributed by atoms with Gasteiger partial charge < -0.3 is 10.5 Å². The Kier molecular flexibility index (Phi) is 3.05. The summed E-state index contributed by atoms with van der Waals surface area (Å²) in [4.78, 5) is 3.97. The van der Waals surface area contributed by atoms with Gasteiger partial charge in [0.2, 0.25) is 5.88 Å². The van der Waals surface area contributed by atoms with Crippen LogP contribution < -0.4 is 10.5 Å². The molecular weight excluding hydrogens is 275 g/mol. The Balaban J connectivity index is 2.31. The Morgan fingerprint density at radius 1 is 1.31 bits per heavy atom. The van der Waals surface area contributed by atoms with Crippen molar-refractivity contribution in [1.29, 1.82) is 0 Å². The Morgan fingerprint density at radius 2 is 2.12 bits per heavy atom. The van der Waals surface area contributed by atoms with Crippen LogP contribution in [-0.2, 0) is 0 Å². The molecule has 0 aliphatic carbocycles. The highest BCUT2D eigenvalue weighted by molar-refractivity contribution is 9.10. The second-order valence-corrected chi connectivity index (χ2v) is 3.94. The van der Waals surface area contributed by atoms with E-state index in [4.69, 9.17) is 10.5 Å². The predicted molar refractivity (Wildman–Crippen MR) is 62.8 cm³/mol. The number of pyridine rings is 1. The van der Waals surface area contributed by atoms with Gasteiger partial charge in [0.1, 0.15) is 0 Å². The van der Waals surface area contributed by atoms with E-state index in [9.17, 15) is 4.39 Å². The monoisotopic (exact) mass is 282 g/mol. The molecule has 0 fully saturated rings. The lowest BCUT2D eigenvalue weighted by Crippen LogP contribution is -1.93. The molecule has 0 aliphatic rings. The number of hydrogen-bond acceptors (Lipinski definition) is 3. The highest BCUT2D eigenvalue weighted by Gasteiger charge is 2.08. The zero-order valence-electron chi connectivity index (χ0n) is 8.15. The van der Waals surface area contributed by atoms with Crippen molar-refractivity contribution >= 4 is 21.6 Å². The molecule has 1 aromatic heterocycles. The van der Waals surface area contributed by atoms with Gasteiger partial charge >= 0.3 is 0 Å². The van der Waals surface area contributed by atoms with Gasteiger partial charge in [-0.1, -0.05) is 0 Å². The van der Waals surface area contributed by atoms with E-state index in [2.05, 4.69) is 20.9 Å². The third kappa shape index (κ3) is 2.30. The lowest BCUT2D eigenvalue weighted by molar-refractivity contribution is 0.425. The molecule has 2 aromatic rings. The molecule has 3 nitrogen and oxygen atoms in total. The molecule has 0 unspecified atom stereocenters. The van der Waals surface area contributed by atoms with Crippen LogP contribution in [0, 0.1) is 5.82 Å². The maximum absolute atomic E-state index is 13.4. The van der Waals surface area contributed by atoms with Crippen molar-refractivity contribution in [2.45, 2.75) is 0 Å². The number of benzene rings is 1. The van der Waals surface area contributed by atoms with Crippen LogP contribution in [0.5, 0.6) is 11.6 Å². The summed E-state index contributed by atoms with van der Waals surface area (Å²) in [7, 11) is 0. The van der Waals surface area contributed by atoms with E-state index in [1.54, 1.807) is 24.4 Å². The summed E-state index contributed by atoms with van der Waals surface area (Å²) < 4.78 is 19.4. The summed E-state index contributed by atoms with van der Waals surface area (Å²) in [5.41, 5.74) is 5.78. The van der Waals surface area contributed by atoms with Gasteiger partial charge in [0.25, 0.3) is 0 Å². The molecule has 2 rings (SSSR count). The summed E-state index contributed by atoms with van der Waals surface area (Å²) in [5.74, 6) is -0.114. The van der Waals surface area contributed by atoms with Gasteiger partial charge in [0.15, 0.2) is 11.6 Å². The first-order chi connectivity index (χ1) is 7.66. The number of rotatable bonds is 2. The minimum atomic E-state index is -0.516. The Hall–Kier alpha value is -1.62. The van der Waals surface area contributed by atoms with Crippen molar-refractivity contribution in [2.24, 2.45) is 0 Å². The van der Waals surface area contributed by atoms with E-state index in [-0.39, 0.29) is 5.75 Å². The zero-order valence-corrected chi connectivity index (χ0v) is 9.74. The SMILES string of the molecule is Nc1ccc(Oc2ncccc2Br)c(F)c1. The number of aromatic nitrogens is 1. The second-order valence-electron chi connectivity index (χ2n) is 3.08. The maximum Gasteiger partial charge on any atom is 0.233 e. The highest BCUT2D eigenvalue weighted by Crippen LogP contribution is 2.29. The zero-order chi connectivity index (χ0) is 11.5. The van der Waals surface area contributed by atoms with Crippen LogP contribution >= 0.6 is 15.9 Å². The lowest BCUT2D eigenvalue weighted by Gasteiger charge is -2.07. The first-order valence-corrected chi connectivity index (χ1v) is 5.29. The van der Waals surface area contributed by atoms with Gasteiger partial charge in [-0.05, 0) is 40.2 Å². The van der Waals surface area contributed by atoms with Crippen molar-refractivity contribution in [3.05, 3.63) is 46.8 Å². The average Bonchev–Trinajstić information content (AvgIpc) is 2.25. The van der Waals surface area contributed by atoms with Crippen LogP contribution in [0.1, 0.15) is 0 Å². The van der Waals surface area contributed by atoms with Gasteiger partial charge in [-0.15, -0.1) is 0 Å². The van der Waals surface area contributed by atoms with E-state index in [1.807, 2.05) is 0 Å². The predicted octanol–water partition coefficient (Wildman–Crippen LogP) is 3.36. The van der Waals surface area contributed by atoms with Gasteiger partial charge in [-0.2, -0.15) is 0 Å². The molecule has 0 aliphatic heterocycles. The van der Waals surface area contributed by atoms with Crippen molar-refractivity contribution in [3.63, 3.8) is 0 Å². The first kappa shape index (κ1) is 10.9. The largest absolute Gasteiger partial charge is 0.435 e. The quantitative estimate of drug-likeness (QED) is 0.860. The van der Waals surface area contributed by atoms with Crippen LogP contribution in [-0.4, -0.2) is 4.98 Å². The summed E-state index contributed by atoms with van der Waals surface area (Å²) in [6.07, 6.45) is 1.56. The smallest absolute Gasteiger partial charge is 0.233 e. The maximum atomic E-state index is 13.4. The van der Waals surface area contributed by atoms with E-state index in [1.165, 1.54) is 12.1 Å². The topological polar surface area (TPSA) is 48.1 Å². The molecule has 0 saturated carbocycles. The van der Waals surface area contributed by atoms with E-state index in [0.29, 0.717) is 16.0 Å². The molecule has 0 amide bonds. The molecule has 0 spiro atoms. The summed E-state index contributed by atoms with van der Waals surface area (Å²) in [5, 5.41) is 0. The molecule has 82 valence electrons. The molecule has 5 heteroatoms. The summed E-state index contributed by atoms with van der Waals surface area (Å²) in [6.45, 7) is 0. The Labute approximate surface area is 100 Å². The van der Waals surface area contributed by atoms with Crippen LogP contribution in [0.15, 0.2) is 41.0 Å². The van der Waals surface area contributed by atoms with Crippen molar-refractivity contribution in [1.82, 2.24) is 4.98 Å². The summed E-state index contributed by atoms with van der Waals surface area (Å²) >= 11 is 3.26. The number of nitrogen functional groups attached to an aromatic ring is 1. The molecule has 2 N–H and O–H groups in total. The molecular formula is C11H8BrFN2O. The fourth-order valence-corrected chi connectivity index (χ4v) is 1.49. The molecule has 0 saturated heterocycles. The van der Waals surface area contributed by atoms with E-state index < -0.39 is 5.82 Å². The highest BCUT2D eigenvalue weighted by atomic mass is 79.9. The Morgan fingerprint density at radius 3 is 2.81 bits per heavy atom. The Bertz CT molecular complexity index is 519. The van der Waals surface area contributed by atoms with Crippen LogP contribution in [0.25, 0.3) is 0 Å². The standard InChI is InChI=1S/C11H8BrFN2O/c12-8-2-1-5-15-11(8)16-10-4-3-7(14)6-9(10)13/h1-6H,14H2. The summed E-state index contributed by atoms with van der Waals surface area (Å²) in [6, 6.07) is 7.74. The third-order valence-electron chi connectivity index (χ3n) is 1.89. The molecule has 1 heterocycles. The number of halogens is 2. The molecule has 1 aromatic carbocycles. The molecule has 0 radical (unpaired) electrons. The minimum absolute atomic E-state index is 0.0913. The number of anilines is 1. The van der Waals surface area contributed by atoms with E-state index >= 15 is 0 Å². The van der Waals surface area contributed by atoms with Crippen LogP contribution in [0.2, 0.25) is 0 Å². The number of hydrogen-bond donors (Lipinski definition) is 1. The van der Waals surface area contributed by atoms with E-state index in [0.717, 1.165) is 0 Å². The first-order valence-electron chi connectivity index (χ1n) is 4.50. The van der Waals surface area contributed by atoms with Crippen LogP contribution in [0.4, 0.5) is 10.1 Å². The van der Waals surface area contributed by atoms with Gasteiger partial charge in [-0.3, -0.25) is 0 Å². The van der Waals surface area contributed by atoms with Crippen molar-refractivity contribution in [2.75, 3.05) is 5.73 Å². The van der Waals surface area contributed by atoms with Gasteiger partial charge in [0.05, 0.1) is 4.47 Å². The lowest BCUT2D eigenvalue weighted by atomic mass is 10.3. The molecule has 16 heavy (non-hydrogen) atoms. The van der Waals surface area contributed by atoms with Gasteiger partial charge in [0, 0.05) is 18.0 Å². The van der Waals surface area contributed by atoms with Crippen molar-refractivity contribution in [3.8, 4) is 11.6 Å². The fraction of sp³-hybridized carbons (Fsp3) is 0. The van der Waals surface area contributed by atoms with Gasteiger partial charge in [-0.25, -0.2) is 9.37 Å². The number of nitrogens with zero attached hydrogens (tertiary/aromatic N) is 1. The fourth-order valence-electron chi connectivity index (χ4n) is 1.15. The minimum Gasteiger partial charge on any atom is -0.435 e.